The quantitative estimate of drug-likeness (QED) is 0.917. The molecule has 0 amide bonds. The monoisotopic (exact) mass is 270 g/mol. The van der Waals surface area contributed by atoms with Crippen LogP contribution in [0.4, 0.5) is 0 Å². The molecule has 1 fully saturated rings. The summed E-state index contributed by atoms with van der Waals surface area (Å²) in [7, 11) is -1.00. The van der Waals surface area contributed by atoms with E-state index in [0.717, 1.165) is 17.7 Å². The molecule has 0 unspecified atom stereocenters. The Bertz CT molecular complexity index is 394. The second-order valence-corrected chi connectivity index (χ2v) is 7.55. The molecule has 1 N–H and O–H groups in total. The normalized spacial score (nSPS) is 31.1. The first-order valence-corrected chi connectivity index (χ1v) is 8.28. The molecule has 0 aliphatic carbocycles. The van der Waals surface area contributed by atoms with Gasteiger partial charge in [-0.05, 0) is 24.2 Å². The van der Waals surface area contributed by atoms with E-state index in [1.165, 1.54) is 0 Å². The number of benzene rings is 1. The Labute approximate surface area is 109 Å². The van der Waals surface area contributed by atoms with E-state index in [4.69, 9.17) is 0 Å². The van der Waals surface area contributed by atoms with Gasteiger partial charge in [0.2, 0.25) is 0 Å². The first kappa shape index (κ1) is 13.1. The summed E-state index contributed by atoms with van der Waals surface area (Å²) in [6, 6.07) is 9.81. The molecule has 1 aliphatic heterocycles. The van der Waals surface area contributed by atoms with Crippen molar-refractivity contribution in [2.45, 2.75) is 29.9 Å². The van der Waals surface area contributed by atoms with Crippen molar-refractivity contribution in [3.05, 3.63) is 35.9 Å². The van der Waals surface area contributed by atoms with Gasteiger partial charge in [-0.25, -0.2) is 0 Å². The van der Waals surface area contributed by atoms with Crippen LogP contribution in [-0.2, 0) is 14.9 Å². The topological polar surface area (TPSA) is 37.3 Å². The highest BCUT2D eigenvalue weighted by Gasteiger charge is 2.46. The predicted molar refractivity (Wildman–Crippen MR) is 74.5 cm³/mol. The molecule has 1 aromatic rings. The molecule has 0 saturated carbocycles. The van der Waals surface area contributed by atoms with E-state index < -0.39 is 21.0 Å². The maximum atomic E-state index is 12.4. The van der Waals surface area contributed by atoms with Crippen LogP contribution in [0.3, 0.4) is 0 Å². The molecular weight excluding hydrogens is 252 g/mol. The largest absolute Gasteiger partial charge is 0.390 e. The zero-order valence-corrected chi connectivity index (χ0v) is 11.6. The lowest BCUT2D eigenvalue weighted by molar-refractivity contribution is 0.154. The van der Waals surface area contributed by atoms with E-state index in [1.807, 2.05) is 37.3 Å². The fourth-order valence-corrected chi connectivity index (χ4v) is 6.27. The summed E-state index contributed by atoms with van der Waals surface area (Å²) in [5, 5.41) is 10.3. The second kappa shape index (κ2) is 5.55. The highest BCUT2D eigenvalue weighted by molar-refractivity contribution is 8.12. The smallest absolute Gasteiger partial charge is 0.142 e. The van der Waals surface area contributed by atoms with Gasteiger partial charge >= 0.3 is 0 Å². The van der Waals surface area contributed by atoms with Crippen molar-refractivity contribution in [3.63, 3.8) is 0 Å². The number of hydrogen-bond donors (Lipinski definition) is 1. The van der Waals surface area contributed by atoms with Crippen LogP contribution in [0.15, 0.2) is 30.3 Å². The summed E-state index contributed by atoms with van der Waals surface area (Å²) in [5.74, 6) is 1.66. The van der Waals surface area contributed by atoms with Gasteiger partial charge in [0.05, 0.1) is 6.10 Å². The number of aliphatic hydroxyl groups excluding tert-OH is 1. The van der Waals surface area contributed by atoms with Crippen molar-refractivity contribution in [1.82, 2.24) is 0 Å². The first-order chi connectivity index (χ1) is 8.21. The number of rotatable bonds is 3. The summed E-state index contributed by atoms with van der Waals surface area (Å²) < 4.78 is 11.8. The van der Waals surface area contributed by atoms with E-state index in [-0.39, 0.29) is 0 Å². The maximum absolute atomic E-state index is 12.4. The van der Waals surface area contributed by atoms with Crippen molar-refractivity contribution >= 4 is 22.6 Å². The summed E-state index contributed by atoms with van der Waals surface area (Å²) >= 11 is 1.65. The van der Waals surface area contributed by atoms with Crippen LogP contribution >= 0.6 is 11.8 Å². The van der Waals surface area contributed by atoms with E-state index in [9.17, 15) is 9.32 Å². The molecule has 4 heteroatoms. The molecule has 1 heterocycles. The standard InChI is InChI=1S/C13H18O2S2/c1-2-12(14)13(11-7-4-3-5-8-11)16-9-6-10-17(13)15/h3-5,7-8,12,14H,2,6,9-10H2,1H3/t12-,13-,17-/m1/s1. The molecule has 3 atom stereocenters. The van der Waals surface area contributed by atoms with Gasteiger partial charge in [0.25, 0.3) is 0 Å². The van der Waals surface area contributed by atoms with Crippen molar-refractivity contribution in [2.24, 2.45) is 0 Å². The van der Waals surface area contributed by atoms with Crippen LogP contribution in [-0.4, -0.2) is 26.9 Å². The Balaban J connectivity index is 2.46. The molecule has 1 saturated heterocycles. The van der Waals surface area contributed by atoms with Gasteiger partial charge in [0.15, 0.2) is 0 Å². The average molecular weight is 270 g/mol. The van der Waals surface area contributed by atoms with Gasteiger partial charge in [0, 0.05) is 16.6 Å². The Hall–Kier alpha value is -0.320. The van der Waals surface area contributed by atoms with E-state index in [2.05, 4.69) is 0 Å². The third kappa shape index (κ3) is 2.30. The van der Waals surface area contributed by atoms with Crippen molar-refractivity contribution < 1.29 is 9.32 Å². The van der Waals surface area contributed by atoms with E-state index in [1.54, 1.807) is 11.8 Å². The highest BCUT2D eigenvalue weighted by Crippen LogP contribution is 2.47. The van der Waals surface area contributed by atoms with Crippen LogP contribution in [0.25, 0.3) is 0 Å². The van der Waals surface area contributed by atoms with Crippen LogP contribution in [0.2, 0.25) is 0 Å². The van der Waals surface area contributed by atoms with Gasteiger partial charge in [-0.2, -0.15) is 0 Å². The molecule has 0 radical (unpaired) electrons. The van der Waals surface area contributed by atoms with Crippen LogP contribution in [0, 0.1) is 0 Å². The van der Waals surface area contributed by atoms with Crippen LogP contribution < -0.4 is 0 Å². The second-order valence-electron chi connectivity index (χ2n) is 4.21. The van der Waals surface area contributed by atoms with Crippen LogP contribution in [0.5, 0.6) is 0 Å². The highest BCUT2D eigenvalue weighted by atomic mass is 32.2. The zero-order chi connectivity index (χ0) is 12.3. The van der Waals surface area contributed by atoms with Crippen molar-refractivity contribution in [3.8, 4) is 0 Å². The third-order valence-electron chi connectivity index (χ3n) is 3.13. The number of hydrogen-bond acceptors (Lipinski definition) is 3. The van der Waals surface area contributed by atoms with Gasteiger partial charge in [-0.1, -0.05) is 37.3 Å². The SMILES string of the molecule is CC[C@@H](O)[C@]1(c2ccccc2)SCCC[S@]1=O. The Kier molecular flexibility index (Phi) is 4.28. The van der Waals surface area contributed by atoms with E-state index >= 15 is 0 Å². The minimum Gasteiger partial charge on any atom is -0.390 e. The molecule has 94 valence electrons. The Morgan fingerprint density at radius 1 is 1.47 bits per heavy atom. The summed E-state index contributed by atoms with van der Waals surface area (Å²) in [6.45, 7) is 1.95. The molecule has 2 rings (SSSR count). The summed E-state index contributed by atoms with van der Waals surface area (Å²) in [6.07, 6.45) is 1.06. The van der Waals surface area contributed by atoms with E-state index in [0.29, 0.717) is 12.2 Å². The lowest BCUT2D eigenvalue weighted by Crippen LogP contribution is -2.43. The summed E-state index contributed by atoms with van der Waals surface area (Å²) in [5.41, 5.74) is 0.998. The first-order valence-electron chi connectivity index (χ1n) is 5.98. The minimum absolute atomic E-state index is 0.545. The molecular formula is C13H18O2S2. The number of aliphatic hydroxyl groups is 1. The van der Waals surface area contributed by atoms with Crippen LogP contribution in [0.1, 0.15) is 25.3 Å². The molecule has 1 aliphatic rings. The van der Waals surface area contributed by atoms with Gasteiger partial charge < -0.3 is 5.11 Å². The zero-order valence-electron chi connectivity index (χ0n) is 9.96. The predicted octanol–water partition coefficient (Wildman–Crippen LogP) is 2.50. The minimum atomic E-state index is -1.00. The molecule has 17 heavy (non-hydrogen) atoms. The molecule has 0 aromatic heterocycles. The molecule has 0 bridgehead atoms. The lowest BCUT2D eigenvalue weighted by atomic mass is 10.0. The van der Waals surface area contributed by atoms with Crippen molar-refractivity contribution in [2.75, 3.05) is 11.5 Å². The molecule has 1 aromatic carbocycles. The summed E-state index contributed by atoms with van der Waals surface area (Å²) in [4.78, 5) is 0. The van der Waals surface area contributed by atoms with Crippen molar-refractivity contribution in [1.29, 1.82) is 0 Å². The average Bonchev–Trinajstić information content (AvgIpc) is 2.39. The van der Waals surface area contributed by atoms with Gasteiger partial charge in [-0.3, -0.25) is 4.21 Å². The number of thioether (sulfide) groups is 1. The Morgan fingerprint density at radius 3 is 2.76 bits per heavy atom. The third-order valence-corrected chi connectivity index (χ3v) is 7.31. The fraction of sp³-hybridized carbons (Fsp3) is 0.538. The lowest BCUT2D eigenvalue weighted by Gasteiger charge is -2.39. The maximum Gasteiger partial charge on any atom is 0.142 e. The van der Waals surface area contributed by atoms with Gasteiger partial charge in [0.1, 0.15) is 4.08 Å². The molecule has 0 spiro atoms. The molecule has 2 nitrogen and oxygen atoms in total. The van der Waals surface area contributed by atoms with Gasteiger partial charge in [-0.15, -0.1) is 11.8 Å². The fourth-order valence-electron chi connectivity index (χ4n) is 2.23. The Morgan fingerprint density at radius 2 is 2.18 bits per heavy atom.